The first kappa shape index (κ1) is 23.1. The van der Waals surface area contributed by atoms with Crippen LogP contribution in [0, 0.1) is 0 Å². The Labute approximate surface area is 191 Å². The zero-order valence-electron chi connectivity index (χ0n) is 18.6. The number of fused-ring (bicyclic) bond motifs is 1. The number of ether oxygens (including phenoxy) is 1. The van der Waals surface area contributed by atoms with Gasteiger partial charge in [-0.25, -0.2) is 9.78 Å². The first-order valence-corrected chi connectivity index (χ1v) is 11.4. The van der Waals surface area contributed by atoms with Gasteiger partial charge in [-0.05, 0) is 67.5 Å². The molecule has 1 aromatic carbocycles. The van der Waals surface area contributed by atoms with Crippen molar-refractivity contribution in [2.75, 3.05) is 11.9 Å². The van der Waals surface area contributed by atoms with E-state index in [9.17, 15) is 18.0 Å². The summed E-state index contributed by atoms with van der Waals surface area (Å²) < 4.78 is 44.6. The number of rotatable bonds is 10. The summed E-state index contributed by atoms with van der Waals surface area (Å²) in [6.45, 7) is 2.71. The lowest BCUT2D eigenvalue weighted by atomic mass is 10.1. The minimum Gasteiger partial charge on any atom is -0.462 e. The van der Waals surface area contributed by atoms with E-state index in [1.807, 2.05) is 41.8 Å². The van der Waals surface area contributed by atoms with Crippen molar-refractivity contribution in [2.45, 2.75) is 64.1 Å². The van der Waals surface area contributed by atoms with Gasteiger partial charge in [0.2, 0.25) is 0 Å². The van der Waals surface area contributed by atoms with Gasteiger partial charge >= 0.3 is 12.1 Å². The highest BCUT2D eigenvalue weighted by Gasteiger charge is 2.27. The second-order valence-corrected chi connectivity index (χ2v) is 8.56. The van der Waals surface area contributed by atoms with Crippen LogP contribution in [0.1, 0.15) is 67.3 Å². The number of aryl methyl sites for hydroxylation is 1. The first-order chi connectivity index (χ1) is 15.8. The quantitative estimate of drug-likeness (QED) is 0.263. The van der Waals surface area contributed by atoms with Crippen LogP contribution in [0.2, 0.25) is 0 Å². The zero-order chi connectivity index (χ0) is 23.4. The number of esters is 1. The lowest BCUT2D eigenvalue weighted by molar-refractivity contribution is -0.135. The van der Waals surface area contributed by atoms with Crippen LogP contribution in [0.3, 0.4) is 0 Å². The topological polar surface area (TPSA) is 56.1 Å². The largest absolute Gasteiger partial charge is 0.462 e. The fraction of sp³-hybridized carbons (Fsp3) is 0.440. The van der Waals surface area contributed by atoms with E-state index in [4.69, 9.17) is 4.74 Å². The Kier molecular flexibility index (Phi) is 6.91. The van der Waals surface area contributed by atoms with E-state index in [1.54, 1.807) is 12.4 Å². The van der Waals surface area contributed by atoms with E-state index in [2.05, 4.69) is 10.3 Å². The summed E-state index contributed by atoms with van der Waals surface area (Å²) in [6.07, 6.45) is 2.65. The molecule has 176 valence electrons. The summed E-state index contributed by atoms with van der Waals surface area (Å²) in [7, 11) is 0. The van der Waals surface area contributed by atoms with Crippen LogP contribution >= 0.6 is 0 Å². The number of benzene rings is 1. The third kappa shape index (κ3) is 6.06. The molecule has 1 saturated carbocycles. The Hall–Kier alpha value is -3.03. The Balaban J connectivity index is 1.51. The van der Waals surface area contributed by atoms with Crippen molar-refractivity contribution in [3.05, 3.63) is 53.9 Å². The highest BCUT2D eigenvalue weighted by molar-refractivity contribution is 5.96. The fourth-order valence-corrected chi connectivity index (χ4v) is 3.82. The van der Waals surface area contributed by atoms with E-state index in [1.165, 1.54) is 0 Å². The fourth-order valence-electron chi connectivity index (χ4n) is 3.82. The number of halogens is 3. The van der Waals surface area contributed by atoms with Crippen molar-refractivity contribution in [1.29, 1.82) is 0 Å². The molecule has 5 nitrogen and oxygen atoms in total. The third-order valence-electron chi connectivity index (χ3n) is 5.80. The van der Waals surface area contributed by atoms with E-state index < -0.39 is 18.6 Å². The molecule has 0 saturated heterocycles. The molecule has 0 aliphatic heterocycles. The van der Waals surface area contributed by atoms with E-state index in [0.717, 1.165) is 47.8 Å². The number of anilines is 2. The minimum atomic E-state index is -4.14. The van der Waals surface area contributed by atoms with Crippen LogP contribution in [0.5, 0.6) is 0 Å². The molecule has 2 heterocycles. The zero-order valence-corrected chi connectivity index (χ0v) is 18.6. The Morgan fingerprint density at radius 3 is 2.76 bits per heavy atom. The number of pyridine rings is 1. The highest BCUT2D eigenvalue weighted by Crippen LogP contribution is 2.40. The van der Waals surface area contributed by atoms with Crippen LogP contribution in [0.15, 0.2) is 42.7 Å². The van der Waals surface area contributed by atoms with Crippen molar-refractivity contribution in [2.24, 2.45) is 0 Å². The van der Waals surface area contributed by atoms with Gasteiger partial charge in [-0.2, -0.15) is 13.2 Å². The smallest absolute Gasteiger partial charge is 0.389 e. The number of alkyl halides is 3. The van der Waals surface area contributed by atoms with Crippen LogP contribution in [0.4, 0.5) is 24.7 Å². The van der Waals surface area contributed by atoms with Crippen molar-refractivity contribution in [1.82, 2.24) is 9.55 Å². The summed E-state index contributed by atoms with van der Waals surface area (Å²) in [5.41, 5.74) is 3.07. The molecule has 1 fully saturated rings. The molecule has 0 unspecified atom stereocenters. The lowest BCUT2D eigenvalue weighted by Gasteiger charge is -2.13. The van der Waals surface area contributed by atoms with Gasteiger partial charge in [0.25, 0.3) is 0 Å². The van der Waals surface area contributed by atoms with Gasteiger partial charge in [0.05, 0.1) is 6.61 Å². The number of hydrogen-bond donors (Lipinski definition) is 1. The number of nitrogens with one attached hydrogen (secondary N) is 1. The summed E-state index contributed by atoms with van der Waals surface area (Å²) >= 11 is 0. The Morgan fingerprint density at radius 2 is 2.03 bits per heavy atom. The van der Waals surface area contributed by atoms with E-state index in [-0.39, 0.29) is 6.42 Å². The van der Waals surface area contributed by atoms with Gasteiger partial charge in [-0.3, -0.25) is 0 Å². The molecule has 3 aromatic rings. The molecule has 0 atom stereocenters. The van der Waals surface area contributed by atoms with Crippen LogP contribution < -0.4 is 5.32 Å². The van der Waals surface area contributed by atoms with Crippen LogP contribution in [-0.4, -0.2) is 28.3 Å². The SMILES string of the molecule is CCCCOC(=O)c1cc(C2CC2)cnc1Nc1ccc2c(ccn2CCCC(F)(F)F)c1. The van der Waals surface area contributed by atoms with Gasteiger partial charge in [-0.1, -0.05) is 13.3 Å². The molecule has 4 rings (SSSR count). The van der Waals surface area contributed by atoms with Gasteiger partial charge in [-0.15, -0.1) is 0 Å². The normalized spacial score (nSPS) is 13.9. The number of hydrogen-bond acceptors (Lipinski definition) is 4. The van der Waals surface area contributed by atoms with E-state index >= 15 is 0 Å². The van der Waals surface area contributed by atoms with Gasteiger partial charge in [0.1, 0.15) is 11.4 Å². The maximum atomic E-state index is 12.7. The summed E-state index contributed by atoms with van der Waals surface area (Å²) in [6, 6.07) is 9.35. The number of aromatic nitrogens is 2. The Bertz CT molecular complexity index is 1120. The molecule has 2 aromatic heterocycles. The Morgan fingerprint density at radius 1 is 1.21 bits per heavy atom. The number of nitrogens with zero attached hydrogens (tertiary/aromatic N) is 2. The average molecular weight is 460 g/mol. The van der Waals surface area contributed by atoms with Crippen LogP contribution in [-0.2, 0) is 11.3 Å². The molecule has 8 heteroatoms. The summed E-state index contributed by atoms with van der Waals surface area (Å²) in [4.78, 5) is 17.2. The molecule has 1 aliphatic carbocycles. The number of unbranched alkanes of at least 4 members (excludes halogenated alkanes) is 1. The predicted octanol–water partition coefficient (Wildman–Crippen LogP) is 6.96. The second-order valence-electron chi connectivity index (χ2n) is 8.56. The maximum Gasteiger partial charge on any atom is 0.389 e. The summed E-state index contributed by atoms with van der Waals surface area (Å²) in [5.74, 6) is 0.505. The summed E-state index contributed by atoms with van der Waals surface area (Å²) in [5, 5.41) is 4.12. The van der Waals surface area contributed by atoms with Gasteiger partial charge in [0, 0.05) is 41.9 Å². The van der Waals surface area contributed by atoms with Gasteiger partial charge in [0.15, 0.2) is 0 Å². The average Bonchev–Trinajstić information content (AvgIpc) is 3.55. The van der Waals surface area contributed by atoms with Crippen molar-refractivity contribution in [3.8, 4) is 0 Å². The maximum absolute atomic E-state index is 12.7. The molecule has 0 radical (unpaired) electrons. The molecule has 33 heavy (non-hydrogen) atoms. The lowest BCUT2D eigenvalue weighted by Crippen LogP contribution is -2.11. The predicted molar refractivity (Wildman–Crippen MR) is 122 cm³/mol. The standard InChI is InChI=1S/C25H28F3N3O2/c1-2-3-13-33-24(32)21-15-19(17-5-6-17)16-29-23(21)30-20-7-8-22-18(14-20)9-12-31(22)11-4-10-25(26,27)28/h7-9,12,14-17H,2-6,10-11,13H2,1H3,(H,29,30). The molecule has 1 aliphatic rings. The number of carbonyl (C=O) groups excluding carboxylic acids is 1. The van der Waals surface area contributed by atoms with Crippen molar-refractivity contribution in [3.63, 3.8) is 0 Å². The molecule has 0 spiro atoms. The van der Waals surface area contributed by atoms with Crippen molar-refractivity contribution < 1.29 is 22.7 Å². The second kappa shape index (κ2) is 9.85. The van der Waals surface area contributed by atoms with Crippen LogP contribution in [0.25, 0.3) is 10.9 Å². The first-order valence-electron chi connectivity index (χ1n) is 11.4. The molecule has 0 bridgehead atoms. The van der Waals surface area contributed by atoms with E-state index in [0.29, 0.717) is 30.5 Å². The molecular weight excluding hydrogens is 431 g/mol. The number of carbonyl (C=O) groups is 1. The minimum absolute atomic E-state index is 0.0358. The molecule has 1 N–H and O–H groups in total. The third-order valence-corrected chi connectivity index (χ3v) is 5.80. The highest BCUT2D eigenvalue weighted by atomic mass is 19.4. The molecule has 0 amide bonds. The molecular formula is C25H28F3N3O2. The monoisotopic (exact) mass is 459 g/mol. The van der Waals surface area contributed by atoms with Gasteiger partial charge < -0.3 is 14.6 Å². The van der Waals surface area contributed by atoms with Crippen molar-refractivity contribution >= 4 is 28.4 Å².